The van der Waals surface area contributed by atoms with Crippen LogP contribution < -0.4 is 9.80 Å². The molecule has 3 unspecified atom stereocenters. The molecule has 1 aromatic rings. The van der Waals surface area contributed by atoms with Crippen LogP contribution in [-0.4, -0.2) is 95.7 Å². The fraction of sp³-hybridized carbons (Fsp3) is 0.618. The number of hydrogen-bond acceptors (Lipinski definition) is 6. The number of amides is 3. The number of likely N-dealkylation sites (tertiary alicyclic amines) is 1. The highest BCUT2D eigenvalue weighted by molar-refractivity contribution is 6.05. The van der Waals surface area contributed by atoms with E-state index in [0.717, 1.165) is 18.8 Å². The van der Waals surface area contributed by atoms with Crippen LogP contribution in [0.2, 0.25) is 0 Å². The predicted molar refractivity (Wildman–Crippen MR) is 170 cm³/mol. The van der Waals surface area contributed by atoms with Gasteiger partial charge < -0.3 is 29.4 Å². The summed E-state index contributed by atoms with van der Waals surface area (Å²) in [6.07, 6.45) is 3.79. The summed E-state index contributed by atoms with van der Waals surface area (Å²) in [6, 6.07) is 6.21. The van der Waals surface area contributed by atoms with Crippen molar-refractivity contribution in [1.29, 1.82) is 0 Å². The van der Waals surface area contributed by atoms with E-state index in [2.05, 4.69) is 31.9 Å². The monoisotopic (exact) mass is 594 g/mol. The Hall–Kier alpha value is -3.17. The van der Waals surface area contributed by atoms with E-state index in [-0.39, 0.29) is 42.7 Å². The van der Waals surface area contributed by atoms with Gasteiger partial charge in [-0.1, -0.05) is 32.9 Å². The lowest BCUT2D eigenvalue weighted by atomic mass is 9.62. The third-order valence-electron chi connectivity index (χ3n) is 10.2. The normalized spacial score (nSPS) is 29.9. The van der Waals surface area contributed by atoms with Crippen molar-refractivity contribution in [2.24, 2.45) is 23.7 Å². The molecule has 0 radical (unpaired) electrons. The van der Waals surface area contributed by atoms with E-state index in [1.807, 2.05) is 52.0 Å². The van der Waals surface area contributed by atoms with Crippen LogP contribution in [0, 0.1) is 23.7 Å². The van der Waals surface area contributed by atoms with E-state index in [0.29, 0.717) is 18.7 Å². The number of aliphatic hydroxyl groups is 1. The van der Waals surface area contributed by atoms with Crippen molar-refractivity contribution in [2.45, 2.75) is 71.2 Å². The Bertz CT molecular complexity index is 1230. The fourth-order valence-electron chi connectivity index (χ4n) is 7.86. The van der Waals surface area contributed by atoms with Gasteiger partial charge in [-0.15, -0.1) is 13.2 Å². The predicted octanol–water partition coefficient (Wildman–Crippen LogP) is 3.72. The zero-order valence-corrected chi connectivity index (χ0v) is 27.0. The molecule has 7 atom stereocenters. The molecule has 236 valence electrons. The van der Waals surface area contributed by atoms with E-state index >= 15 is 0 Å². The second kappa shape index (κ2) is 12.4. The Morgan fingerprint density at radius 2 is 1.67 bits per heavy atom. The van der Waals surface area contributed by atoms with Gasteiger partial charge in [-0.05, 0) is 63.3 Å². The number of hydrogen-bond donors (Lipinski definition) is 1. The number of benzene rings is 1. The van der Waals surface area contributed by atoms with Crippen LogP contribution in [0.25, 0.3) is 0 Å². The Morgan fingerprint density at radius 1 is 1.09 bits per heavy atom. The van der Waals surface area contributed by atoms with Crippen LogP contribution in [0.5, 0.6) is 0 Å². The Morgan fingerprint density at radius 3 is 2.19 bits per heavy atom. The number of carbonyl (C=O) groups excluding carboxylic acids is 3. The highest BCUT2D eigenvalue weighted by Gasteiger charge is 2.80. The van der Waals surface area contributed by atoms with E-state index in [9.17, 15) is 19.5 Å². The van der Waals surface area contributed by atoms with Crippen molar-refractivity contribution in [2.75, 3.05) is 49.6 Å². The minimum atomic E-state index is -1.21. The minimum Gasteiger partial charge on any atom is -0.394 e. The molecule has 3 aliphatic rings. The van der Waals surface area contributed by atoms with E-state index in [4.69, 9.17) is 4.74 Å². The van der Waals surface area contributed by atoms with Crippen molar-refractivity contribution < 1.29 is 24.2 Å². The van der Waals surface area contributed by atoms with Gasteiger partial charge >= 0.3 is 0 Å². The van der Waals surface area contributed by atoms with Gasteiger partial charge in [0.05, 0.1) is 30.1 Å². The van der Waals surface area contributed by atoms with Crippen molar-refractivity contribution in [3.63, 3.8) is 0 Å². The molecule has 3 heterocycles. The Labute approximate surface area is 257 Å². The molecule has 3 fully saturated rings. The summed E-state index contributed by atoms with van der Waals surface area (Å²) in [7, 11) is 1.70. The molecule has 0 aliphatic carbocycles. The van der Waals surface area contributed by atoms with Gasteiger partial charge in [0.1, 0.15) is 11.6 Å². The standard InChI is InChI=1S/C34H50N4O5/c1-10-18-35(9)30(40)27-28-31(41)38(26(21-39)22(5)6)29(34(28)20-23(7)33(27,8)43-34)32(42)37(19-11-2)25-16-14-24(15-17-25)36(12-3)13-4/h10-11,14-17,22-23,26-29,39H,1-2,12-13,18-21H2,3-9H3/t23?,26-,27+,28-,29?,33-,34?/m0/s1. The maximum Gasteiger partial charge on any atom is 0.253 e. The third kappa shape index (κ3) is 5.08. The molecule has 3 amide bonds. The number of nitrogens with zero attached hydrogens (tertiary/aromatic N) is 4. The summed E-state index contributed by atoms with van der Waals surface area (Å²) >= 11 is 0. The Balaban J connectivity index is 1.85. The van der Waals surface area contributed by atoms with Gasteiger partial charge in [0, 0.05) is 44.6 Å². The molecule has 0 saturated carbocycles. The van der Waals surface area contributed by atoms with Crippen LogP contribution in [0.4, 0.5) is 11.4 Å². The van der Waals surface area contributed by atoms with Crippen LogP contribution in [-0.2, 0) is 19.1 Å². The number of rotatable bonds is 13. The van der Waals surface area contributed by atoms with Crippen molar-refractivity contribution >= 4 is 29.1 Å². The number of fused-ring (bicyclic) bond motifs is 1. The largest absolute Gasteiger partial charge is 0.394 e. The quantitative estimate of drug-likeness (QED) is 0.350. The number of ether oxygens (including phenoxy) is 1. The van der Waals surface area contributed by atoms with E-state index in [1.165, 1.54) is 0 Å². The van der Waals surface area contributed by atoms with Gasteiger partial charge in [-0.2, -0.15) is 0 Å². The number of likely N-dealkylation sites (N-methyl/N-ethyl adjacent to an activating group) is 1. The first-order valence-electron chi connectivity index (χ1n) is 15.6. The van der Waals surface area contributed by atoms with Crippen LogP contribution in [0.15, 0.2) is 49.6 Å². The van der Waals surface area contributed by atoms with Gasteiger partial charge in [-0.3, -0.25) is 14.4 Å². The van der Waals surface area contributed by atoms with Gasteiger partial charge in [-0.25, -0.2) is 0 Å². The lowest BCUT2D eigenvalue weighted by molar-refractivity contribution is -0.154. The molecule has 9 nitrogen and oxygen atoms in total. The summed E-state index contributed by atoms with van der Waals surface area (Å²) in [5, 5.41) is 10.6. The zero-order chi connectivity index (χ0) is 31.9. The molecule has 43 heavy (non-hydrogen) atoms. The molecular weight excluding hydrogens is 544 g/mol. The molecule has 1 spiro atoms. The average molecular weight is 595 g/mol. The third-order valence-corrected chi connectivity index (χ3v) is 10.2. The second-order valence-corrected chi connectivity index (χ2v) is 12.9. The highest BCUT2D eigenvalue weighted by Crippen LogP contribution is 2.66. The smallest absolute Gasteiger partial charge is 0.253 e. The zero-order valence-electron chi connectivity index (χ0n) is 27.0. The topological polar surface area (TPSA) is 93.6 Å². The summed E-state index contributed by atoms with van der Waals surface area (Å²) in [6.45, 7) is 21.7. The Kier molecular flexibility index (Phi) is 9.47. The summed E-state index contributed by atoms with van der Waals surface area (Å²) in [4.78, 5) is 50.5. The first-order chi connectivity index (χ1) is 20.4. The lowest BCUT2D eigenvalue weighted by Crippen LogP contribution is -2.60. The van der Waals surface area contributed by atoms with Gasteiger partial charge in [0.15, 0.2) is 0 Å². The SMILES string of the molecule is C=CCN(C)C(=O)[C@H]1[C@H]2C(=O)N([C@@H](CO)C(C)C)C(C(=O)N(CC=C)c3ccc(N(CC)CC)cc3)C23CC(C)[C@]1(C)O3. The minimum absolute atomic E-state index is 0.0780. The first kappa shape index (κ1) is 32.7. The summed E-state index contributed by atoms with van der Waals surface area (Å²) < 4.78 is 6.90. The molecule has 0 aromatic heterocycles. The lowest BCUT2D eigenvalue weighted by Gasteiger charge is -2.40. The first-order valence-corrected chi connectivity index (χ1v) is 15.6. The molecule has 3 saturated heterocycles. The van der Waals surface area contributed by atoms with Gasteiger partial charge in [0.2, 0.25) is 11.8 Å². The number of aliphatic hydroxyl groups excluding tert-OH is 1. The second-order valence-electron chi connectivity index (χ2n) is 12.9. The number of anilines is 2. The highest BCUT2D eigenvalue weighted by atomic mass is 16.5. The fourth-order valence-corrected chi connectivity index (χ4v) is 7.86. The molecule has 3 aliphatic heterocycles. The average Bonchev–Trinajstić information content (AvgIpc) is 3.49. The maximum absolute atomic E-state index is 14.9. The molecule has 2 bridgehead atoms. The molecule has 1 aromatic carbocycles. The molecule has 9 heteroatoms. The van der Waals surface area contributed by atoms with Crippen LogP contribution in [0.1, 0.15) is 48.0 Å². The number of carbonyl (C=O) groups is 3. The van der Waals surface area contributed by atoms with Crippen LogP contribution >= 0.6 is 0 Å². The summed E-state index contributed by atoms with van der Waals surface area (Å²) in [5.74, 6) is -2.61. The molecule has 1 N–H and O–H groups in total. The van der Waals surface area contributed by atoms with E-state index in [1.54, 1.807) is 33.9 Å². The molecular formula is C34H50N4O5. The van der Waals surface area contributed by atoms with Crippen molar-refractivity contribution in [3.8, 4) is 0 Å². The van der Waals surface area contributed by atoms with Crippen molar-refractivity contribution in [1.82, 2.24) is 9.80 Å². The van der Waals surface area contributed by atoms with Crippen LogP contribution in [0.3, 0.4) is 0 Å². The molecule has 4 rings (SSSR count). The van der Waals surface area contributed by atoms with E-state index < -0.39 is 35.1 Å². The maximum atomic E-state index is 14.9. The summed E-state index contributed by atoms with van der Waals surface area (Å²) in [5.41, 5.74) is -0.386. The van der Waals surface area contributed by atoms with Gasteiger partial charge in [0.25, 0.3) is 5.91 Å². The van der Waals surface area contributed by atoms with Crippen molar-refractivity contribution in [3.05, 3.63) is 49.6 Å².